The Kier molecular flexibility index (Phi) is 5.24. The minimum atomic E-state index is -4.49. The number of likely N-dealkylation sites (N-methyl/N-ethyl adjacent to an activating group) is 1. The number of alkyl halides is 3. The lowest BCUT2D eigenvalue weighted by Crippen LogP contribution is -2.40. The summed E-state index contributed by atoms with van der Waals surface area (Å²) in [6.45, 7) is 1.39. The molecule has 1 rings (SSSR count). The number of hydrogen-bond acceptors (Lipinski definition) is 2. The molecule has 0 saturated carbocycles. The van der Waals surface area contributed by atoms with Crippen LogP contribution in [0.4, 0.5) is 23.7 Å². The summed E-state index contributed by atoms with van der Waals surface area (Å²) in [5, 5.41) is 11.1. The van der Waals surface area contributed by atoms with Gasteiger partial charge in [0.05, 0.1) is 28.9 Å². The highest BCUT2D eigenvalue weighted by Gasteiger charge is 2.31. The van der Waals surface area contributed by atoms with E-state index in [9.17, 15) is 18.0 Å². The lowest BCUT2D eigenvalue weighted by molar-refractivity contribution is -0.137. The number of carbonyl (C=O) groups is 1. The monoisotopic (exact) mass is 310 g/mol. The van der Waals surface area contributed by atoms with Crippen molar-refractivity contribution in [3.05, 3.63) is 28.8 Å². The highest BCUT2D eigenvalue weighted by molar-refractivity contribution is 6.33. The molecule has 0 saturated heterocycles. The van der Waals surface area contributed by atoms with Gasteiger partial charge in [-0.2, -0.15) is 13.2 Å². The zero-order valence-corrected chi connectivity index (χ0v) is 11.6. The first kappa shape index (κ1) is 16.6. The molecule has 0 heterocycles. The van der Waals surface area contributed by atoms with Crippen molar-refractivity contribution in [3.8, 4) is 0 Å². The van der Waals surface area contributed by atoms with Gasteiger partial charge in [0, 0.05) is 7.05 Å². The lowest BCUT2D eigenvalue weighted by Gasteiger charge is -2.23. The van der Waals surface area contributed by atoms with Crippen LogP contribution in [0.5, 0.6) is 0 Å². The number of aliphatic hydroxyl groups excluding tert-OH is 1. The number of urea groups is 1. The van der Waals surface area contributed by atoms with Crippen LogP contribution < -0.4 is 5.32 Å². The fourth-order valence-electron chi connectivity index (χ4n) is 1.32. The van der Waals surface area contributed by atoms with Crippen molar-refractivity contribution in [2.45, 2.75) is 19.1 Å². The van der Waals surface area contributed by atoms with Crippen LogP contribution in [0.1, 0.15) is 12.5 Å². The standard InChI is InChI=1S/C12H14ClF3N2O2/c1-7(6-19)18(2)11(20)17-10-4-3-8(5-9(10)13)12(14,15)16/h3-5,7,19H,6H2,1-2H3,(H,17,20). The number of aliphatic hydroxyl groups is 1. The van der Waals surface area contributed by atoms with Gasteiger partial charge in [-0.25, -0.2) is 4.79 Å². The molecule has 2 amide bonds. The largest absolute Gasteiger partial charge is 0.416 e. The highest BCUT2D eigenvalue weighted by Crippen LogP contribution is 2.33. The third-order valence-electron chi connectivity index (χ3n) is 2.78. The molecule has 0 fully saturated rings. The van der Waals surface area contributed by atoms with Crippen LogP contribution >= 0.6 is 11.6 Å². The molecular weight excluding hydrogens is 297 g/mol. The molecule has 1 aromatic carbocycles. The maximum absolute atomic E-state index is 12.5. The van der Waals surface area contributed by atoms with E-state index in [4.69, 9.17) is 16.7 Å². The van der Waals surface area contributed by atoms with E-state index in [0.29, 0.717) is 0 Å². The second-order valence-electron chi connectivity index (χ2n) is 4.27. The smallest absolute Gasteiger partial charge is 0.394 e. The van der Waals surface area contributed by atoms with Crippen LogP contribution in [0.15, 0.2) is 18.2 Å². The van der Waals surface area contributed by atoms with Crippen molar-refractivity contribution >= 4 is 23.3 Å². The number of nitrogens with zero attached hydrogens (tertiary/aromatic N) is 1. The predicted octanol–water partition coefficient (Wildman–Crippen LogP) is 3.20. The molecule has 0 aliphatic carbocycles. The Bertz CT molecular complexity index is 494. The van der Waals surface area contributed by atoms with Crippen LogP contribution in [0, 0.1) is 0 Å². The summed E-state index contributed by atoms with van der Waals surface area (Å²) >= 11 is 5.72. The second-order valence-corrected chi connectivity index (χ2v) is 4.67. The predicted molar refractivity (Wildman–Crippen MR) is 69.8 cm³/mol. The van der Waals surface area contributed by atoms with Crippen molar-refractivity contribution in [1.29, 1.82) is 0 Å². The van der Waals surface area contributed by atoms with Gasteiger partial charge in [-0.15, -0.1) is 0 Å². The summed E-state index contributed by atoms with van der Waals surface area (Å²) in [5.41, 5.74) is -0.820. The summed E-state index contributed by atoms with van der Waals surface area (Å²) in [6, 6.07) is 1.65. The van der Waals surface area contributed by atoms with E-state index in [2.05, 4.69) is 5.32 Å². The number of rotatable bonds is 3. The Balaban J connectivity index is 2.87. The molecule has 20 heavy (non-hydrogen) atoms. The van der Waals surface area contributed by atoms with Gasteiger partial charge in [0.2, 0.25) is 0 Å². The first-order valence-corrected chi connectivity index (χ1v) is 6.06. The van der Waals surface area contributed by atoms with Crippen molar-refractivity contribution in [3.63, 3.8) is 0 Å². The summed E-state index contributed by atoms with van der Waals surface area (Å²) in [4.78, 5) is 13.0. The van der Waals surface area contributed by atoms with Gasteiger partial charge in [0.15, 0.2) is 0 Å². The van der Waals surface area contributed by atoms with E-state index in [1.165, 1.54) is 11.9 Å². The summed E-state index contributed by atoms with van der Waals surface area (Å²) in [7, 11) is 1.45. The van der Waals surface area contributed by atoms with E-state index in [0.717, 1.165) is 18.2 Å². The lowest BCUT2D eigenvalue weighted by atomic mass is 10.2. The molecule has 4 nitrogen and oxygen atoms in total. The molecule has 0 radical (unpaired) electrons. The molecule has 0 aromatic heterocycles. The third-order valence-corrected chi connectivity index (χ3v) is 3.10. The topological polar surface area (TPSA) is 52.6 Å². The number of hydrogen-bond donors (Lipinski definition) is 2. The fraction of sp³-hybridized carbons (Fsp3) is 0.417. The van der Waals surface area contributed by atoms with Crippen LogP contribution in [0.25, 0.3) is 0 Å². The fourth-order valence-corrected chi connectivity index (χ4v) is 1.55. The first-order valence-electron chi connectivity index (χ1n) is 5.68. The molecule has 2 N–H and O–H groups in total. The van der Waals surface area contributed by atoms with Crippen molar-refractivity contribution in [2.75, 3.05) is 19.0 Å². The molecule has 0 aliphatic heterocycles. The number of amides is 2. The maximum Gasteiger partial charge on any atom is 0.416 e. The van der Waals surface area contributed by atoms with Gasteiger partial charge in [0.25, 0.3) is 0 Å². The normalized spacial score (nSPS) is 12.9. The molecule has 1 unspecified atom stereocenters. The Morgan fingerprint density at radius 3 is 2.55 bits per heavy atom. The second kappa shape index (κ2) is 6.32. The summed E-state index contributed by atoms with van der Waals surface area (Å²) in [6.07, 6.45) is -4.49. The minimum Gasteiger partial charge on any atom is -0.394 e. The van der Waals surface area contributed by atoms with E-state index in [-0.39, 0.29) is 17.3 Å². The number of nitrogens with one attached hydrogen (secondary N) is 1. The maximum atomic E-state index is 12.5. The SMILES string of the molecule is CC(CO)N(C)C(=O)Nc1ccc(C(F)(F)F)cc1Cl. The zero-order valence-electron chi connectivity index (χ0n) is 10.8. The number of anilines is 1. The van der Waals surface area contributed by atoms with Crippen molar-refractivity contribution in [1.82, 2.24) is 4.90 Å². The highest BCUT2D eigenvalue weighted by atomic mass is 35.5. The van der Waals surface area contributed by atoms with Gasteiger partial charge in [-0.05, 0) is 25.1 Å². The third kappa shape index (κ3) is 4.01. The number of carbonyl (C=O) groups excluding carboxylic acids is 1. The Morgan fingerprint density at radius 2 is 2.10 bits per heavy atom. The minimum absolute atomic E-state index is 0.0710. The van der Waals surface area contributed by atoms with Crippen LogP contribution in [-0.2, 0) is 6.18 Å². The average Bonchev–Trinajstić information content (AvgIpc) is 2.37. The Hall–Kier alpha value is -1.47. The van der Waals surface area contributed by atoms with Gasteiger partial charge < -0.3 is 15.3 Å². The van der Waals surface area contributed by atoms with Crippen LogP contribution in [0.3, 0.4) is 0 Å². The van der Waals surface area contributed by atoms with Gasteiger partial charge in [-0.1, -0.05) is 11.6 Å². The Labute approximate surface area is 119 Å². The Morgan fingerprint density at radius 1 is 1.50 bits per heavy atom. The van der Waals surface area contributed by atoms with E-state index >= 15 is 0 Å². The van der Waals surface area contributed by atoms with Crippen LogP contribution in [0.2, 0.25) is 5.02 Å². The average molecular weight is 311 g/mol. The van der Waals surface area contributed by atoms with Crippen LogP contribution in [-0.4, -0.2) is 35.7 Å². The molecule has 1 atom stereocenters. The number of halogens is 4. The molecular formula is C12H14ClF3N2O2. The quantitative estimate of drug-likeness (QED) is 0.901. The molecule has 0 bridgehead atoms. The molecule has 1 aromatic rings. The zero-order chi connectivity index (χ0) is 15.5. The van der Waals surface area contributed by atoms with Crippen molar-refractivity contribution < 1.29 is 23.1 Å². The molecule has 0 spiro atoms. The summed E-state index contributed by atoms with van der Waals surface area (Å²) < 4.78 is 37.4. The molecule has 8 heteroatoms. The molecule has 112 valence electrons. The number of benzene rings is 1. The van der Waals surface area contributed by atoms with Gasteiger partial charge >= 0.3 is 12.2 Å². The van der Waals surface area contributed by atoms with Gasteiger partial charge in [-0.3, -0.25) is 0 Å². The van der Waals surface area contributed by atoms with E-state index < -0.39 is 23.8 Å². The molecule has 0 aliphatic rings. The van der Waals surface area contributed by atoms with E-state index in [1.54, 1.807) is 6.92 Å². The summed E-state index contributed by atoms with van der Waals surface area (Å²) in [5.74, 6) is 0. The van der Waals surface area contributed by atoms with E-state index in [1.807, 2.05) is 0 Å². The van der Waals surface area contributed by atoms with Gasteiger partial charge in [0.1, 0.15) is 0 Å². The van der Waals surface area contributed by atoms with Crippen molar-refractivity contribution in [2.24, 2.45) is 0 Å². The first-order chi connectivity index (χ1) is 9.16.